The zero-order valence-electron chi connectivity index (χ0n) is 12.5. The lowest BCUT2D eigenvalue weighted by Crippen LogP contribution is -2.60. The average molecular weight is 275 g/mol. The van der Waals surface area contributed by atoms with Gasteiger partial charge in [0.15, 0.2) is 0 Å². The SMILES string of the molecule is CN(C)CCN(Cc1ccccc1)C(=O)C1(N)CCC1. The molecular formula is C16H25N3O. The van der Waals surface area contributed by atoms with Crippen molar-refractivity contribution >= 4 is 5.91 Å². The molecule has 1 aliphatic carbocycles. The van der Waals surface area contributed by atoms with E-state index in [1.165, 1.54) is 0 Å². The molecule has 4 nitrogen and oxygen atoms in total. The summed E-state index contributed by atoms with van der Waals surface area (Å²) in [4.78, 5) is 16.7. The quantitative estimate of drug-likeness (QED) is 0.855. The molecule has 1 amide bonds. The summed E-state index contributed by atoms with van der Waals surface area (Å²) < 4.78 is 0. The van der Waals surface area contributed by atoms with Crippen molar-refractivity contribution < 1.29 is 4.79 Å². The van der Waals surface area contributed by atoms with Gasteiger partial charge in [0.25, 0.3) is 0 Å². The fourth-order valence-corrected chi connectivity index (χ4v) is 2.46. The number of rotatable bonds is 6. The van der Waals surface area contributed by atoms with Gasteiger partial charge in [-0.3, -0.25) is 4.79 Å². The van der Waals surface area contributed by atoms with E-state index in [0.29, 0.717) is 6.54 Å². The van der Waals surface area contributed by atoms with Gasteiger partial charge in [0, 0.05) is 19.6 Å². The van der Waals surface area contributed by atoms with Gasteiger partial charge in [-0.25, -0.2) is 0 Å². The minimum atomic E-state index is -0.610. The van der Waals surface area contributed by atoms with E-state index in [9.17, 15) is 4.79 Å². The first kappa shape index (κ1) is 15.0. The largest absolute Gasteiger partial charge is 0.335 e. The number of hydrogen-bond acceptors (Lipinski definition) is 3. The van der Waals surface area contributed by atoms with Crippen LogP contribution in [-0.4, -0.2) is 48.4 Å². The summed E-state index contributed by atoms with van der Waals surface area (Å²) in [7, 11) is 4.04. The second-order valence-corrected chi connectivity index (χ2v) is 6.03. The molecule has 0 atom stereocenters. The minimum absolute atomic E-state index is 0.106. The maximum Gasteiger partial charge on any atom is 0.242 e. The van der Waals surface area contributed by atoms with Crippen LogP contribution >= 0.6 is 0 Å². The number of nitrogens with two attached hydrogens (primary N) is 1. The standard InChI is InChI=1S/C16H25N3O/c1-18(2)11-12-19(13-14-7-4-3-5-8-14)15(20)16(17)9-6-10-16/h3-5,7-8H,6,9-13,17H2,1-2H3. The van der Waals surface area contributed by atoms with Crippen LogP contribution in [0, 0.1) is 0 Å². The lowest BCUT2D eigenvalue weighted by molar-refractivity contribution is -0.141. The zero-order chi connectivity index (χ0) is 14.6. The van der Waals surface area contributed by atoms with E-state index in [1.54, 1.807) is 0 Å². The molecule has 1 aromatic rings. The van der Waals surface area contributed by atoms with Crippen molar-refractivity contribution in [3.05, 3.63) is 35.9 Å². The lowest BCUT2D eigenvalue weighted by atomic mass is 9.76. The summed E-state index contributed by atoms with van der Waals surface area (Å²) in [6, 6.07) is 10.1. The number of hydrogen-bond donors (Lipinski definition) is 1. The first-order valence-corrected chi connectivity index (χ1v) is 7.28. The Morgan fingerprint density at radius 2 is 1.85 bits per heavy atom. The van der Waals surface area contributed by atoms with Gasteiger partial charge in [0.1, 0.15) is 0 Å². The van der Waals surface area contributed by atoms with E-state index < -0.39 is 5.54 Å². The van der Waals surface area contributed by atoms with E-state index >= 15 is 0 Å². The van der Waals surface area contributed by atoms with Crippen molar-refractivity contribution in [1.29, 1.82) is 0 Å². The Morgan fingerprint density at radius 3 is 2.35 bits per heavy atom. The molecule has 0 unspecified atom stereocenters. The monoisotopic (exact) mass is 275 g/mol. The van der Waals surface area contributed by atoms with E-state index in [4.69, 9.17) is 5.73 Å². The molecule has 0 spiro atoms. The Kier molecular flexibility index (Phi) is 4.78. The molecule has 2 N–H and O–H groups in total. The maximum atomic E-state index is 12.6. The minimum Gasteiger partial charge on any atom is -0.335 e. The van der Waals surface area contributed by atoms with Crippen LogP contribution in [0.15, 0.2) is 30.3 Å². The highest BCUT2D eigenvalue weighted by molar-refractivity contribution is 5.87. The number of benzene rings is 1. The van der Waals surface area contributed by atoms with Crippen LogP contribution in [0.2, 0.25) is 0 Å². The van der Waals surface area contributed by atoms with E-state index in [1.807, 2.05) is 37.2 Å². The second kappa shape index (κ2) is 6.37. The lowest BCUT2D eigenvalue weighted by Gasteiger charge is -2.40. The highest BCUT2D eigenvalue weighted by Gasteiger charge is 2.42. The van der Waals surface area contributed by atoms with Gasteiger partial charge in [0.2, 0.25) is 5.91 Å². The molecule has 110 valence electrons. The molecule has 1 fully saturated rings. The van der Waals surface area contributed by atoms with Crippen molar-refractivity contribution in [3.8, 4) is 0 Å². The molecule has 0 aliphatic heterocycles. The molecule has 2 rings (SSSR count). The van der Waals surface area contributed by atoms with E-state index in [0.717, 1.165) is 37.9 Å². The van der Waals surface area contributed by atoms with Crippen LogP contribution in [-0.2, 0) is 11.3 Å². The first-order chi connectivity index (χ1) is 9.51. The number of carbonyl (C=O) groups is 1. The van der Waals surface area contributed by atoms with Crippen molar-refractivity contribution in [2.45, 2.75) is 31.3 Å². The molecule has 0 aromatic heterocycles. The highest BCUT2D eigenvalue weighted by atomic mass is 16.2. The van der Waals surface area contributed by atoms with Crippen LogP contribution in [0.3, 0.4) is 0 Å². The summed E-state index contributed by atoms with van der Waals surface area (Å²) in [5.41, 5.74) is 6.75. The molecule has 0 bridgehead atoms. The molecule has 0 radical (unpaired) electrons. The van der Waals surface area contributed by atoms with Gasteiger partial charge in [-0.15, -0.1) is 0 Å². The van der Waals surface area contributed by atoms with Crippen LogP contribution in [0.25, 0.3) is 0 Å². The van der Waals surface area contributed by atoms with Gasteiger partial charge in [0.05, 0.1) is 5.54 Å². The van der Waals surface area contributed by atoms with E-state index in [2.05, 4.69) is 17.0 Å². The van der Waals surface area contributed by atoms with Crippen LogP contribution < -0.4 is 5.73 Å². The third kappa shape index (κ3) is 3.58. The molecule has 1 aromatic carbocycles. The number of carbonyl (C=O) groups excluding carboxylic acids is 1. The molecule has 0 saturated heterocycles. The fraction of sp³-hybridized carbons (Fsp3) is 0.562. The third-order valence-electron chi connectivity index (χ3n) is 3.99. The van der Waals surface area contributed by atoms with Gasteiger partial charge in [-0.05, 0) is 38.9 Å². The molecule has 0 heterocycles. The Labute approximate surface area is 121 Å². The molecule has 4 heteroatoms. The van der Waals surface area contributed by atoms with Gasteiger partial charge >= 0.3 is 0 Å². The highest BCUT2D eigenvalue weighted by Crippen LogP contribution is 2.31. The predicted octanol–water partition coefficient (Wildman–Crippen LogP) is 1.46. The normalized spacial score (nSPS) is 16.8. The molecule has 20 heavy (non-hydrogen) atoms. The number of likely N-dealkylation sites (N-methyl/N-ethyl adjacent to an activating group) is 1. The maximum absolute atomic E-state index is 12.6. The topological polar surface area (TPSA) is 49.6 Å². The molecule has 1 aliphatic rings. The second-order valence-electron chi connectivity index (χ2n) is 6.03. The van der Waals surface area contributed by atoms with Crippen LogP contribution in [0.5, 0.6) is 0 Å². The van der Waals surface area contributed by atoms with Crippen molar-refractivity contribution in [2.75, 3.05) is 27.2 Å². The summed E-state index contributed by atoms with van der Waals surface area (Å²) in [5.74, 6) is 0.106. The average Bonchev–Trinajstić information content (AvgIpc) is 2.41. The summed E-state index contributed by atoms with van der Waals surface area (Å²) in [6.45, 7) is 2.22. The van der Waals surface area contributed by atoms with E-state index in [-0.39, 0.29) is 5.91 Å². The summed E-state index contributed by atoms with van der Waals surface area (Å²) >= 11 is 0. The third-order valence-corrected chi connectivity index (χ3v) is 3.99. The number of nitrogens with zero attached hydrogens (tertiary/aromatic N) is 2. The van der Waals surface area contributed by atoms with Crippen LogP contribution in [0.1, 0.15) is 24.8 Å². The Morgan fingerprint density at radius 1 is 1.20 bits per heavy atom. The number of amides is 1. The Balaban J connectivity index is 2.05. The van der Waals surface area contributed by atoms with Crippen molar-refractivity contribution in [3.63, 3.8) is 0 Å². The smallest absolute Gasteiger partial charge is 0.242 e. The van der Waals surface area contributed by atoms with Gasteiger partial charge < -0.3 is 15.5 Å². The Hall–Kier alpha value is -1.39. The van der Waals surface area contributed by atoms with Crippen LogP contribution in [0.4, 0.5) is 0 Å². The molecule has 1 saturated carbocycles. The van der Waals surface area contributed by atoms with Gasteiger partial charge in [-0.2, -0.15) is 0 Å². The fourth-order valence-electron chi connectivity index (χ4n) is 2.46. The molecular weight excluding hydrogens is 250 g/mol. The summed E-state index contributed by atoms with van der Waals surface area (Å²) in [5, 5.41) is 0. The van der Waals surface area contributed by atoms with Crippen molar-refractivity contribution in [2.24, 2.45) is 5.73 Å². The summed E-state index contributed by atoms with van der Waals surface area (Å²) in [6.07, 6.45) is 2.70. The Bertz CT molecular complexity index is 440. The predicted molar refractivity (Wildman–Crippen MR) is 81.2 cm³/mol. The van der Waals surface area contributed by atoms with Crippen molar-refractivity contribution in [1.82, 2.24) is 9.80 Å². The van der Waals surface area contributed by atoms with Gasteiger partial charge in [-0.1, -0.05) is 30.3 Å². The zero-order valence-corrected chi connectivity index (χ0v) is 12.5. The first-order valence-electron chi connectivity index (χ1n) is 7.28.